The standard InChI is InChI=1S/C30H35N3O7S/c1-4-16-31-30(35)22(2)32(20-23-10-13-25(38-3)14-11-23)29(34)21-33(41(36,37)26-8-6-5-7-9-26)24-12-15-27-28(19-24)40-18-17-39-27/h5-15,19,22H,4,16-18,20-21H2,1-3H3,(H,31,35)/t22-/m0/s1. The first kappa shape index (κ1) is 29.7. The number of carbonyl (C=O) groups excluding carboxylic acids is 2. The van der Waals surface area contributed by atoms with Gasteiger partial charge in [0, 0.05) is 19.2 Å². The van der Waals surface area contributed by atoms with Crippen LogP contribution in [0, 0.1) is 0 Å². The van der Waals surface area contributed by atoms with E-state index in [4.69, 9.17) is 14.2 Å². The minimum Gasteiger partial charge on any atom is -0.497 e. The molecular formula is C30H35N3O7S. The fraction of sp³-hybridized carbons (Fsp3) is 0.333. The number of methoxy groups -OCH3 is 1. The summed E-state index contributed by atoms with van der Waals surface area (Å²) in [5.74, 6) is 0.654. The summed E-state index contributed by atoms with van der Waals surface area (Å²) >= 11 is 0. The summed E-state index contributed by atoms with van der Waals surface area (Å²) in [5, 5.41) is 2.83. The summed E-state index contributed by atoms with van der Waals surface area (Å²) in [6.07, 6.45) is 0.734. The minimum absolute atomic E-state index is 0.0260. The van der Waals surface area contributed by atoms with Crippen LogP contribution in [0.1, 0.15) is 25.8 Å². The van der Waals surface area contributed by atoms with E-state index >= 15 is 0 Å². The Kier molecular flexibility index (Phi) is 9.72. The van der Waals surface area contributed by atoms with Crippen molar-refractivity contribution in [2.24, 2.45) is 0 Å². The Hall–Kier alpha value is -4.25. The van der Waals surface area contributed by atoms with Crippen molar-refractivity contribution >= 4 is 27.5 Å². The second kappa shape index (κ2) is 13.4. The molecule has 1 N–H and O–H groups in total. The molecule has 0 unspecified atom stereocenters. The van der Waals surface area contributed by atoms with Crippen LogP contribution in [0.4, 0.5) is 5.69 Å². The highest BCUT2D eigenvalue weighted by Crippen LogP contribution is 2.36. The zero-order chi connectivity index (χ0) is 29.4. The molecule has 218 valence electrons. The lowest BCUT2D eigenvalue weighted by Crippen LogP contribution is -2.51. The Bertz CT molecular complexity index is 1450. The highest BCUT2D eigenvalue weighted by Gasteiger charge is 2.33. The van der Waals surface area contributed by atoms with Crippen molar-refractivity contribution in [3.63, 3.8) is 0 Å². The van der Waals surface area contributed by atoms with Gasteiger partial charge in [-0.1, -0.05) is 37.3 Å². The van der Waals surface area contributed by atoms with E-state index in [0.29, 0.717) is 37.0 Å². The molecule has 0 fully saturated rings. The number of hydrogen-bond acceptors (Lipinski definition) is 7. The monoisotopic (exact) mass is 581 g/mol. The van der Waals surface area contributed by atoms with Gasteiger partial charge < -0.3 is 24.4 Å². The zero-order valence-electron chi connectivity index (χ0n) is 23.4. The maximum Gasteiger partial charge on any atom is 0.264 e. The number of fused-ring (bicyclic) bond motifs is 1. The third-order valence-electron chi connectivity index (χ3n) is 6.65. The van der Waals surface area contributed by atoms with Crippen LogP contribution in [0.25, 0.3) is 0 Å². The SMILES string of the molecule is CCCNC(=O)[C@H](C)N(Cc1ccc(OC)cc1)C(=O)CN(c1ccc2c(c1)OCCO2)S(=O)(=O)c1ccccc1. The lowest BCUT2D eigenvalue weighted by atomic mass is 10.1. The molecule has 0 spiro atoms. The normalized spacial score (nSPS) is 13.1. The van der Waals surface area contributed by atoms with Crippen LogP contribution < -0.4 is 23.8 Å². The van der Waals surface area contributed by atoms with E-state index in [0.717, 1.165) is 16.3 Å². The Morgan fingerprint density at radius 2 is 1.66 bits per heavy atom. The molecule has 0 bridgehead atoms. The van der Waals surface area contributed by atoms with Crippen molar-refractivity contribution < 1.29 is 32.2 Å². The molecule has 10 nitrogen and oxygen atoms in total. The van der Waals surface area contributed by atoms with Crippen LogP contribution >= 0.6 is 0 Å². The molecule has 2 amide bonds. The molecule has 1 atom stereocenters. The molecule has 0 saturated heterocycles. The largest absolute Gasteiger partial charge is 0.497 e. The fourth-order valence-corrected chi connectivity index (χ4v) is 5.77. The van der Waals surface area contributed by atoms with Gasteiger partial charge in [0.25, 0.3) is 10.0 Å². The van der Waals surface area contributed by atoms with Crippen molar-refractivity contribution in [2.45, 2.75) is 37.8 Å². The molecule has 0 aliphatic carbocycles. The molecule has 11 heteroatoms. The van der Waals surface area contributed by atoms with Gasteiger partial charge in [-0.05, 0) is 55.3 Å². The lowest BCUT2D eigenvalue weighted by molar-refractivity contribution is -0.139. The maximum absolute atomic E-state index is 14.0. The number of benzene rings is 3. The van der Waals surface area contributed by atoms with Gasteiger partial charge in [-0.25, -0.2) is 8.42 Å². The van der Waals surface area contributed by atoms with Gasteiger partial charge in [0.05, 0.1) is 17.7 Å². The third kappa shape index (κ3) is 7.10. The van der Waals surface area contributed by atoms with Gasteiger partial charge in [0.1, 0.15) is 31.5 Å². The van der Waals surface area contributed by atoms with Gasteiger partial charge in [0.2, 0.25) is 11.8 Å². The molecule has 3 aromatic carbocycles. The van der Waals surface area contributed by atoms with Gasteiger partial charge in [-0.3, -0.25) is 13.9 Å². The number of nitrogens with one attached hydrogen (secondary N) is 1. The second-order valence-corrected chi connectivity index (χ2v) is 11.4. The van der Waals surface area contributed by atoms with Crippen LogP contribution in [-0.4, -0.2) is 64.6 Å². The molecule has 1 heterocycles. The average Bonchev–Trinajstić information content (AvgIpc) is 3.01. The highest BCUT2D eigenvalue weighted by molar-refractivity contribution is 7.92. The van der Waals surface area contributed by atoms with Crippen LogP contribution in [0.15, 0.2) is 77.7 Å². The first-order valence-corrected chi connectivity index (χ1v) is 14.9. The van der Waals surface area contributed by atoms with E-state index in [-0.39, 0.29) is 23.0 Å². The van der Waals surface area contributed by atoms with E-state index in [1.54, 1.807) is 74.7 Å². The first-order chi connectivity index (χ1) is 19.7. The molecular weight excluding hydrogens is 546 g/mol. The molecule has 1 aliphatic rings. The Labute approximate surface area is 240 Å². The predicted octanol–water partition coefficient (Wildman–Crippen LogP) is 3.61. The summed E-state index contributed by atoms with van der Waals surface area (Å²) in [7, 11) is -2.62. The van der Waals surface area contributed by atoms with Crippen LogP contribution in [0.2, 0.25) is 0 Å². The summed E-state index contributed by atoms with van der Waals surface area (Å²) in [6.45, 7) is 4.27. The summed E-state index contributed by atoms with van der Waals surface area (Å²) in [6, 6.07) is 18.9. The summed E-state index contributed by atoms with van der Waals surface area (Å²) in [5.41, 5.74) is 0.991. The van der Waals surface area contributed by atoms with Gasteiger partial charge in [-0.2, -0.15) is 0 Å². The molecule has 41 heavy (non-hydrogen) atoms. The summed E-state index contributed by atoms with van der Waals surface area (Å²) < 4.78 is 45.4. The summed E-state index contributed by atoms with van der Waals surface area (Å²) in [4.78, 5) is 28.4. The molecule has 0 aromatic heterocycles. The smallest absolute Gasteiger partial charge is 0.264 e. The fourth-order valence-electron chi connectivity index (χ4n) is 4.34. The predicted molar refractivity (Wildman–Crippen MR) is 155 cm³/mol. The van der Waals surface area contributed by atoms with E-state index in [9.17, 15) is 18.0 Å². The third-order valence-corrected chi connectivity index (χ3v) is 8.44. The van der Waals surface area contributed by atoms with E-state index in [1.165, 1.54) is 17.0 Å². The first-order valence-electron chi connectivity index (χ1n) is 13.4. The maximum atomic E-state index is 14.0. The van der Waals surface area contributed by atoms with Gasteiger partial charge >= 0.3 is 0 Å². The van der Waals surface area contributed by atoms with Crippen molar-refractivity contribution in [2.75, 3.05) is 37.7 Å². The topological polar surface area (TPSA) is 114 Å². The lowest BCUT2D eigenvalue weighted by Gasteiger charge is -2.32. The van der Waals surface area contributed by atoms with Crippen LogP contribution in [0.3, 0.4) is 0 Å². The highest BCUT2D eigenvalue weighted by atomic mass is 32.2. The van der Waals surface area contributed by atoms with Crippen molar-refractivity contribution in [3.8, 4) is 17.2 Å². The van der Waals surface area contributed by atoms with Crippen LogP contribution in [-0.2, 0) is 26.2 Å². The zero-order valence-corrected chi connectivity index (χ0v) is 24.2. The second-order valence-electron chi connectivity index (χ2n) is 9.49. The quantitative estimate of drug-likeness (QED) is 0.348. The molecule has 1 aliphatic heterocycles. The van der Waals surface area contributed by atoms with Crippen molar-refractivity contribution in [1.29, 1.82) is 0 Å². The number of anilines is 1. The molecule has 0 saturated carbocycles. The Morgan fingerprint density at radius 1 is 0.976 bits per heavy atom. The van der Waals surface area contributed by atoms with E-state index in [2.05, 4.69) is 5.32 Å². The Morgan fingerprint density at radius 3 is 2.32 bits per heavy atom. The average molecular weight is 582 g/mol. The number of ether oxygens (including phenoxy) is 3. The number of rotatable bonds is 12. The number of amides is 2. The van der Waals surface area contributed by atoms with E-state index < -0.39 is 28.5 Å². The van der Waals surface area contributed by atoms with Crippen molar-refractivity contribution in [1.82, 2.24) is 10.2 Å². The van der Waals surface area contributed by atoms with Crippen LogP contribution in [0.5, 0.6) is 17.2 Å². The number of nitrogens with zero attached hydrogens (tertiary/aromatic N) is 2. The minimum atomic E-state index is -4.18. The number of carbonyl (C=O) groups is 2. The van der Waals surface area contributed by atoms with Crippen molar-refractivity contribution in [3.05, 3.63) is 78.4 Å². The molecule has 4 rings (SSSR count). The molecule has 0 radical (unpaired) electrons. The van der Waals surface area contributed by atoms with Gasteiger partial charge in [-0.15, -0.1) is 0 Å². The number of sulfonamides is 1. The van der Waals surface area contributed by atoms with Gasteiger partial charge in [0.15, 0.2) is 11.5 Å². The Balaban J connectivity index is 1.71. The molecule has 3 aromatic rings. The number of hydrogen-bond donors (Lipinski definition) is 1. The van der Waals surface area contributed by atoms with E-state index in [1.807, 2.05) is 6.92 Å².